The Labute approximate surface area is 117 Å². The highest BCUT2D eigenvalue weighted by atomic mass is 79.9. The van der Waals surface area contributed by atoms with Gasteiger partial charge in [0.25, 0.3) is 0 Å². The molecule has 0 aliphatic heterocycles. The van der Waals surface area contributed by atoms with Gasteiger partial charge in [0.2, 0.25) is 0 Å². The summed E-state index contributed by atoms with van der Waals surface area (Å²) in [6, 6.07) is 4.62. The maximum absolute atomic E-state index is 12.9. The van der Waals surface area contributed by atoms with Crippen LogP contribution in [0.2, 0.25) is 5.02 Å². The Morgan fingerprint density at radius 2 is 2.11 bits per heavy atom. The number of benzene rings is 1. The monoisotopic (exact) mass is 330 g/mol. The van der Waals surface area contributed by atoms with Crippen molar-refractivity contribution in [2.24, 2.45) is 0 Å². The molecule has 2 N–H and O–H groups in total. The van der Waals surface area contributed by atoms with Crippen LogP contribution in [0.15, 0.2) is 35.1 Å². The molecule has 0 fully saturated rings. The first-order valence-electron chi connectivity index (χ1n) is 5.03. The van der Waals surface area contributed by atoms with Crippen LogP contribution >= 0.6 is 27.5 Å². The van der Waals surface area contributed by atoms with Gasteiger partial charge in [-0.2, -0.15) is 0 Å². The van der Waals surface area contributed by atoms with E-state index in [2.05, 4.69) is 20.9 Å². The van der Waals surface area contributed by atoms with E-state index in [4.69, 9.17) is 22.1 Å². The van der Waals surface area contributed by atoms with Crippen molar-refractivity contribution in [3.63, 3.8) is 0 Å². The summed E-state index contributed by atoms with van der Waals surface area (Å²) in [6.07, 6.45) is 2.67. The number of nitrogen functional groups attached to an aromatic ring is 1. The molecule has 0 saturated carbocycles. The lowest BCUT2D eigenvalue weighted by molar-refractivity contribution is 0.305. The van der Waals surface area contributed by atoms with Crippen molar-refractivity contribution in [2.45, 2.75) is 6.61 Å². The van der Waals surface area contributed by atoms with Crippen molar-refractivity contribution in [1.82, 2.24) is 4.98 Å². The number of rotatable bonds is 3. The zero-order chi connectivity index (χ0) is 13.1. The summed E-state index contributed by atoms with van der Waals surface area (Å²) in [4.78, 5) is 3.74. The molecule has 2 aromatic rings. The van der Waals surface area contributed by atoms with Gasteiger partial charge in [0, 0.05) is 16.8 Å². The predicted octanol–water partition coefficient (Wildman–Crippen LogP) is 3.80. The normalized spacial score (nSPS) is 10.4. The van der Waals surface area contributed by atoms with Gasteiger partial charge >= 0.3 is 0 Å². The van der Waals surface area contributed by atoms with Gasteiger partial charge in [-0.3, -0.25) is 4.98 Å². The van der Waals surface area contributed by atoms with Crippen molar-refractivity contribution < 1.29 is 9.13 Å². The Morgan fingerprint density at radius 3 is 2.78 bits per heavy atom. The molecule has 0 atom stereocenters. The first-order valence-corrected chi connectivity index (χ1v) is 6.20. The lowest BCUT2D eigenvalue weighted by atomic mass is 10.3. The SMILES string of the molecule is Nc1cc(Cl)cc(Br)c1OCc1cncc(F)c1. The van der Waals surface area contributed by atoms with E-state index in [9.17, 15) is 4.39 Å². The van der Waals surface area contributed by atoms with E-state index in [0.717, 1.165) is 6.20 Å². The molecule has 0 spiro atoms. The largest absolute Gasteiger partial charge is 0.485 e. The number of hydrogen-bond acceptors (Lipinski definition) is 3. The van der Waals surface area contributed by atoms with Crippen LogP contribution < -0.4 is 10.5 Å². The van der Waals surface area contributed by atoms with E-state index in [1.54, 1.807) is 12.1 Å². The maximum atomic E-state index is 12.9. The van der Waals surface area contributed by atoms with E-state index in [1.807, 2.05) is 0 Å². The average Bonchev–Trinajstić information content (AvgIpc) is 2.27. The van der Waals surface area contributed by atoms with Crippen LogP contribution in [-0.4, -0.2) is 4.98 Å². The second kappa shape index (κ2) is 5.54. The minimum Gasteiger partial charge on any atom is -0.485 e. The zero-order valence-electron chi connectivity index (χ0n) is 9.16. The van der Waals surface area contributed by atoms with Gasteiger partial charge in [-0.05, 0) is 34.1 Å². The Kier molecular flexibility index (Phi) is 4.04. The molecule has 0 aliphatic carbocycles. The first-order chi connectivity index (χ1) is 8.56. The summed E-state index contributed by atoms with van der Waals surface area (Å²) in [5.74, 6) is 0.0721. The summed E-state index contributed by atoms with van der Waals surface area (Å²) < 4.78 is 19.1. The van der Waals surface area contributed by atoms with Gasteiger partial charge in [0.1, 0.15) is 12.4 Å². The Morgan fingerprint density at radius 1 is 1.33 bits per heavy atom. The van der Waals surface area contributed by atoms with Gasteiger partial charge in [0.15, 0.2) is 5.75 Å². The van der Waals surface area contributed by atoms with Gasteiger partial charge in [-0.1, -0.05) is 11.6 Å². The van der Waals surface area contributed by atoms with Crippen LogP contribution in [0.25, 0.3) is 0 Å². The fraction of sp³-hybridized carbons (Fsp3) is 0.0833. The second-order valence-electron chi connectivity index (χ2n) is 3.61. The summed E-state index contributed by atoms with van der Waals surface area (Å²) in [5, 5.41) is 0.513. The average molecular weight is 332 g/mol. The summed E-state index contributed by atoms with van der Waals surface area (Å²) in [5.41, 5.74) is 6.82. The predicted molar refractivity (Wildman–Crippen MR) is 72.1 cm³/mol. The van der Waals surface area contributed by atoms with Crippen molar-refractivity contribution >= 4 is 33.2 Å². The van der Waals surface area contributed by atoms with Crippen LogP contribution in [0.5, 0.6) is 5.75 Å². The van der Waals surface area contributed by atoms with Crippen molar-refractivity contribution in [3.05, 3.63) is 51.5 Å². The lowest BCUT2D eigenvalue weighted by Gasteiger charge is -2.11. The topological polar surface area (TPSA) is 48.1 Å². The quantitative estimate of drug-likeness (QED) is 0.870. The molecular formula is C12H9BrClFN2O. The Bertz CT molecular complexity index is 557. The van der Waals surface area contributed by atoms with E-state index in [0.29, 0.717) is 26.5 Å². The summed E-state index contributed by atoms with van der Waals surface area (Å²) in [6.45, 7) is 0.176. The number of hydrogen-bond donors (Lipinski definition) is 1. The minimum atomic E-state index is -0.403. The summed E-state index contributed by atoms with van der Waals surface area (Å²) >= 11 is 9.14. The molecule has 0 bridgehead atoms. The third kappa shape index (κ3) is 3.11. The molecule has 94 valence electrons. The number of ether oxygens (including phenoxy) is 1. The molecule has 0 unspecified atom stereocenters. The molecule has 1 heterocycles. The molecule has 0 radical (unpaired) electrons. The highest BCUT2D eigenvalue weighted by Crippen LogP contribution is 2.35. The zero-order valence-corrected chi connectivity index (χ0v) is 11.5. The fourth-order valence-electron chi connectivity index (χ4n) is 1.42. The lowest BCUT2D eigenvalue weighted by Crippen LogP contribution is -2.00. The van der Waals surface area contributed by atoms with Crippen LogP contribution in [-0.2, 0) is 6.61 Å². The Hall–Kier alpha value is -1.33. The van der Waals surface area contributed by atoms with E-state index in [1.165, 1.54) is 12.3 Å². The number of halogens is 3. The number of anilines is 1. The third-order valence-corrected chi connectivity index (χ3v) is 2.99. The number of pyridine rings is 1. The molecule has 6 heteroatoms. The smallest absolute Gasteiger partial charge is 0.156 e. The standard InChI is InChI=1S/C12H9BrClFN2O/c13-10-2-8(14)3-11(16)12(10)18-6-7-1-9(15)5-17-4-7/h1-5H,6,16H2. The molecule has 2 rings (SSSR count). The maximum Gasteiger partial charge on any atom is 0.156 e. The molecular weight excluding hydrogens is 322 g/mol. The fourth-order valence-corrected chi connectivity index (χ4v) is 2.37. The molecule has 3 nitrogen and oxygen atoms in total. The van der Waals surface area contributed by atoms with Crippen LogP contribution in [0.4, 0.5) is 10.1 Å². The first kappa shape index (κ1) is 13.1. The second-order valence-corrected chi connectivity index (χ2v) is 4.90. The molecule has 0 saturated heterocycles. The number of aromatic nitrogens is 1. The van der Waals surface area contributed by atoms with E-state index < -0.39 is 5.82 Å². The van der Waals surface area contributed by atoms with Gasteiger partial charge < -0.3 is 10.5 Å². The van der Waals surface area contributed by atoms with E-state index >= 15 is 0 Å². The minimum absolute atomic E-state index is 0.176. The molecule has 1 aromatic carbocycles. The van der Waals surface area contributed by atoms with Crippen molar-refractivity contribution in [2.75, 3.05) is 5.73 Å². The molecule has 1 aromatic heterocycles. The van der Waals surface area contributed by atoms with Gasteiger partial charge in [-0.25, -0.2) is 4.39 Å². The Balaban J connectivity index is 2.16. The number of nitrogens with two attached hydrogens (primary N) is 1. The van der Waals surface area contributed by atoms with Crippen LogP contribution in [0, 0.1) is 5.82 Å². The highest BCUT2D eigenvalue weighted by molar-refractivity contribution is 9.10. The van der Waals surface area contributed by atoms with E-state index in [-0.39, 0.29) is 6.61 Å². The van der Waals surface area contributed by atoms with Gasteiger partial charge in [0.05, 0.1) is 16.4 Å². The molecule has 0 aliphatic rings. The third-order valence-electron chi connectivity index (χ3n) is 2.18. The molecule has 0 amide bonds. The highest BCUT2D eigenvalue weighted by Gasteiger charge is 2.08. The van der Waals surface area contributed by atoms with Crippen molar-refractivity contribution in [3.8, 4) is 5.75 Å². The van der Waals surface area contributed by atoms with Crippen LogP contribution in [0.1, 0.15) is 5.56 Å². The number of nitrogens with zero attached hydrogens (tertiary/aromatic N) is 1. The van der Waals surface area contributed by atoms with Gasteiger partial charge in [-0.15, -0.1) is 0 Å². The van der Waals surface area contributed by atoms with Crippen LogP contribution in [0.3, 0.4) is 0 Å². The molecule has 18 heavy (non-hydrogen) atoms. The summed E-state index contributed by atoms with van der Waals surface area (Å²) in [7, 11) is 0. The van der Waals surface area contributed by atoms with Crippen molar-refractivity contribution in [1.29, 1.82) is 0 Å².